The third kappa shape index (κ3) is 3.44. The Labute approximate surface area is 170 Å². The molecular formula is C23H26N2O2S. The van der Waals surface area contributed by atoms with Crippen molar-refractivity contribution in [3.63, 3.8) is 0 Å². The minimum atomic E-state index is -0.375. The minimum Gasteiger partial charge on any atom is -0.351 e. The van der Waals surface area contributed by atoms with E-state index in [0.717, 1.165) is 6.42 Å². The van der Waals surface area contributed by atoms with Gasteiger partial charge in [-0.1, -0.05) is 60.7 Å². The Kier molecular flexibility index (Phi) is 5.19. The van der Waals surface area contributed by atoms with Crippen molar-refractivity contribution in [2.24, 2.45) is 0 Å². The van der Waals surface area contributed by atoms with Gasteiger partial charge in [-0.3, -0.25) is 9.59 Å². The van der Waals surface area contributed by atoms with Crippen LogP contribution in [0.3, 0.4) is 0 Å². The van der Waals surface area contributed by atoms with Gasteiger partial charge in [-0.05, 0) is 31.4 Å². The molecule has 0 radical (unpaired) electrons. The van der Waals surface area contributed by atoms with Crippen molar-refractivity contribution in [3.8, 4) is 0 Å². The van der Waals surface area contributed by atoms with Crippen molar-refractivity contribution in [1.29, 1.82) is 0 Å². The summed E-state index contributed by atoms with van der Waals surface area (Å²) >= 11 is 1.73. The second kappa shape index (κ2) is 7.63. The molecule has 3 atom stereocenters. The number of hydrogen-bond acceptors (Lipinski definition) is 3. The van der Waals surface area contributed by atoms with E-state index in [0.29, 0.717) is 12.2 Å². The predicted molar refractivity (Wildman–Crippen MR) is 113 cm³/mol. The standard InChI is InChI=1S/C23H26N2O2S/c1-16(21(17-9-5-3-6-10-17)18-11-7-4-8-12-18)24-22(27)19-15-28-23(2)14-13-20(26)25(19)23/h3-12,16,19,21H,13-15H2,1-2H3,(H,24,27). The van der Waals surface area contributed by atoms with Crippen LogP contribution in [0.2, 0.25) is 0 Å². The number of fused-ring (bicyclic) bond motifs is 1. The highest BCUT2D eigenvalue weighted by Crippen LogP contribution is 2.47. The van der Waals surface area contributed by atoms with E-state index in [1.165, 1.54) is 11.1 Å². The largest absolute Gasteiger partial charge is 0.351 e. The average molecular weight is 395 g/mol. The lowest BCUT2D eigenvalue weighted by Crippen LogP contribution is -2.52. The summed E-state index contributed by atoms with van der Waals surface area (Å²) in [6, 6.07) is 20.1. The number of carbonyl (C=O) groups is 2. The first kappa shape index (κ1) is 19.1. The number of carbonyl (C=O) groups excluding carboxylic acids is 2. The molecule has 3 unspecified atom stereocenters. The summed E-state index contributed by atoms with van der Waals surface area (Å²) in [5, 5.41) is 3.22. The van der Waals surface area contributed by atoms with Gasteiger partial charge in [0.2, 0.25) is 11.8 Å². The van der Waals surface area contributed by atoms with Crippen LogP contribution in [0.25, 0.3) is 0 Å². The molecule has 0 aromatic heterocycles. The second-order valence-electron chi connectivity index (χ2n) is 7.86. The van der Waals surface area contributed by atoms with E-state index in [-0.39, 0.29) is 34.7 Å². The lowest BCUT2D eigenvalue weighted by molar-refractivity contribution is -0.138. The van der Waals surface area contributed by atoms with Crippen molar-refractivity contribution in [2.45, 2.75) is 49.6 Å². The van der Waals surface area contributed by atoms with Crippen LogP contribution in [0, 0.1) is 0 Å². The summed E-state index contributed by atoms with van der Waals surface area (Å²) in [7, 11) is 0. The van der Waals surface area contributed by atoms with Crippen LogP contribution in [-0.2, 0) is 9.59 Å². The van der Waals surface area contributed by atoms with Crippen LogP contribution in [0.15, 0.2) is 60.7 Å². The highest BCUT2D eigenvalue weighted by Gasteiger charge is 2.53. The molecule has 0 bridgehead atoms. The summed E-state index contributed by atoms with van der Waals surface area (Å²) in [6.45, 7) is 4.13. The van der Waals surface area contributed by atoms with Gasteiger partial charge in [0.15, 0.2) is 0 Å². The van der Waals surface area contributed by atoms with E-state index >= 15 is 0 Å². The molecule has 0 aliphatic carbocycles. The molecule has 4 rings (SSSR count). The Hall–Kier alpha value is -2.27. The average Bonchev–Trinajstić information content (AvgIpc) is 3.19. The molecule has 2 fully saturated rings. The first-order chi connectivity index (χ1) is 13.5. The van der Waals surface area contributed by atoms with Gasteiger partial charge in [0, 0.05) is 24.1 Å². The first-order valence-corrected chi connectivity index (χ1v) is 10.8. The fourth-order valence-electron chi connectivity index (χ4n) is 4.51. The molecular weight excluding hydrogens is 368 g/mol. The summed E-state index contributed by atoms with van der Waals surface area (Å²) in [6.07, 6.45) is 1.37. The van der Waals surface area contributed by atoms with Crippen LogP contribution in [0.1, 0.15) is 43.7 Å². The minimum absolute atomic E-state index is 0.0455. The SMILES string of the molecule is CC(NC(=O)C1CSC2(C)CCC(=O)N12)C(c1ccccc1)c1ccccc1. The molecule has 146 valence electrons. The number of hydrogen-bond donors (Lipinski definition) is 1. The van der Waals surface area contributed by atoms with Crippen molar-refractivity contribution in [3.05, 3.63) is 71.8 Å². The number of rotatable bonds is 5. The third-order valence-electron chi connectivity index (χ3n) is 5.93. The Morgan fingerprint density at radius 1 is 1.11 bits per heavy atom. The fourth-order valence-corrected chi connectivity index (χ4v) is 5.94. The zero-order valence-corrected chi connectivity index (χ0v) is 17.1. The zero-order valence-electron chi connectivity index (χ0n) is 16.3. The van der Waals surface area contributed by atoms with Crippen molar-refractivity contribution >= 4 is 23.6 Å². The molecule has 1 N–H and O–H groups in total. The molecule has 0 spiro atoms. The Balaban J connectivity index is 1.56. The van der Waals surface area contributed by atoms with Crippen LogP contribution < -0.4 is 5.32 Å². The molecule has 2 aromatic rings. The molecule has 0 saturated carbocycles. The molecule has 2 heterocycles. The Morgan fingerprint density at radius 3 is 2.25 bits per heavy atom. The molecule has 2 aliphatic heterocycles. The van der Waals surface area contributed by atoms with Crippen molar-refractivity contribution in [2.75, 3.05) is 5.75 Å². The van der Waals surface area contributed by atoms with Gasteiger partial charge in [0.05, 0.1) is 4.87 Å². The summed E-state index contributed by atoms with van der Waals surface area (Å²) in [5.41, 5.74) is 2.34. The first-order valence-electron chi connectivity index (χ1n) is 9.86. The topological polar surface area (TPSA) is 49.4 Å². The molecule has 2 aromatic carbocycles. The van der Waals surface area contributed by atoms with Crippen molar-refractivity contribution in [1.82, 2.24) is 10.2 Å². The van der Waals surface area contributed by atoms with Crippen LogP contribution >= 0.6 is 11.8 Å². The number of nitrogens with one attached hydrogen (secondary N) is 1. The lowest BCUT2D eigenvalue weighted by atomic mass is 9.85. The zero-order chi connectivity index (χ0) is 19.7. The molecule has 28 heavy (non-hydrogen) atoms. The maximum Gasteiger partial charge on any atom is 0.243 e. The number of nitrogens with zero attached hydrogens (tertiary/aromatic N) is 1. The quantitative estimate of drug-likeness (QED) is 0.840. The smallest absolute Gasteiger partial charge is 0.243 e. The normalized spacial score (nSPS) is 25.0. The monoisotopic (exact) mass is 394 g/mol. The number of benzene rings is 2. The number of amides is 2. The Morgan fingerprint density at radius 2 is 1.68 bits per heavy atom. The second-order valence-corrected chi connectivity index (χ2v) is 9.36. The van der Waals surface area contributed by atoms with Gasteiger partial charge < -0.3 is 10.2 Å². The molecule has 4 nitrogen and oxygen atoms in total. The molecule has 5 heteroatoms. The van der Waals surface area contributed by atoms with Gasteiger partial charge in [-0.2, -0.15) is 0 Å². The highest BCUT2D eigenvalue weighted by atomic mass is 32.2. The highest BCUT2D eigenvalue weighted by molar-refractivity contribution is 8.01. The summed E-state index contributed by atoms with van der Waals surface area (Å²) in [4.78, 5) is 27.1. The summed E-state index contributed by atoms with van der Waals surface area (Å²) < 4.78 is 0. The fraction of sp³-hybridized carbons (Fsp3) is 0.391. The van der Waals surface area contributed by atoms with E-state index in [1.807, 2.05) is 41.3 Å². The maximum atomic E-state index is 13.1. The lowest BCUT2D eigenvalue weighted by Gasteiger charge is -2.32. The van der Waals surface area contributed by atoms with Gasteiger partial charge in [0.25, 0.3) is 0 Å². The predicted octanol–water partition coefficient (Wildman–Crippen LogP) is 3.78. The Bertz CT molecular complexity index is 818. The molecule has 2 saturated heterocycles. The van der Waals surface area contributed by atoms with E-state index in [4.69, 9.17) is 0 Å². The van der Waals surface area contributed by atoms with Gasteiger partial charge in [0.1, 0.15) is 6.04 Å². The van der Waals surface area contributed by atoms with E-state index in [1.54, 1.807) is 11.8 Å². The molecule has 2 aliphatic rings. The van der Waals surface area contributed by atoms with Gasteiger partial charge in [-0.15, -0.1) is 11.8 Å². The van der Waals surface area contributed by atoms with E-state index < -0.39 is 0 Å². The maximum absolute atomic E-state index is 13.1. The van der Waals surface area contributed by atoms with Gasteiger partial charge in [-0.25, -0.2) is 0 Å². The van der Waals surface area contributed by atoms with E-state index in [2.05, 4.69) is 43.4 Å². The van der Waals surface area contributed by atoms with Crippen LogP contribution in [0.5, 0.6) is 0 Å². The van der Waals surface area contributed by atoms with Crippen LogP contribution in [0.4, 0.5) is 0 Å². The third-order valence-corrected chi connectivity index (χ3v) is 7.44. The summed E-state index contributed by atoms with van der Waals surface area (Å²) in [5.74, 6) is 0.780. The van der Waals surface area contributed by atoms with Gasteiger partial charge >= 0.3 is 0 Å². The van der Waals surface area contributed by atoms with Crippen molar-refractivity contribution < 1.29 is 9.59 Å². The van der Waals surface area contributed by atoms with E-state index in [9.17, 15) is 9.59 Å². The number of thioether (sulfide) groups is 1. The van der Waals surface area contributed by atoms with Crippen LogP contribution in [-0.4, -0.2) is 39.4 Å². The molecule has 2 amide bonds.